The van der Waals surface area contributed by atoms with Crippen LogP contribution in [0.25, 0.3) is 0 Å². The van der Waals surface area contributed by atoms with Crippen LogP contribution in [-0.2, 0) is 16.3 Å². The summed E-state index contributed by atoms with van der Waals surface area (Å²) in [7, 11) is -2.53. The van der Waals surface area contributed by atoms with Crippen molar-refractivity contribution in [3.63, 3.8) is 0 Å². The molecule has 3 amide bonds. The minimum Gasteiger partial charge on any atom is -0.457 e. The Morgan fingerprint density at radius 2 is 1.53 bits per heavy atom. The summed E-state index contributed by atoms with van der Waals surface area (Å²) in [6, 6.07) is 17.6. The van der Waals surface area contributed by atoms with E-state index in [0.29, 0.717) is 17.2 Å². The van der Waals surface area contributed by atoms with Crippen molar-refractivity contribution in [3.05, 3.63) is 107 Å². The lowest BCUT2D eigenvalue weighted by Gasteiger charge is -2.12. The van der Waals surface area contributed by atoms with Crippen LogP contribution < -0.4 is 20.7 Å². The van der Waals surface area contributed by atoms with Gasteiger partial charge in [0, 0.05) is 30.7 Å². The van der Waals surface area contributed by atoms with Crippen molar-refractivity contribution >= 4 is 45.0 Å². The Kier molecular flexibility index (Phi) is 10.7. The van der Waals surface area contributed by atoms with Gasteiger partial charge in [-0.25, -0.2) is 4.79 Å². The number of rotatable bonds is 6. The third-order valence-electron chi connectivity index (χ3n) is 5.39. The third-order valence-corrected chi connectivity index (χ3v) is 6.58. The molecule has 0 fully saturated rings. The van der Waals surface area contributed by atoms with Crippen molar-refractivity contribution in [2.45, 2.75) is 18.0 Å². The molecule has 4 aromatic rings. The van der Waals surface area contributed by atoms with Gasteiger partial charge in [-0.15, -0.1) is 0 Å². The van der Waals surface area contributed by atoms with Gasteiger partial charge in [0.15, 0.2) is 0 Å². The molecular weight excluding hydrogens is 615 g/mol. The second-order valence-electron chi connectivity index (χ2n) is 8.64. The number of ether oxygens (including phenoxy) is 1. The highest BCUT2D eigenvalue weighted by Gasteiger charge is 2.33. The van der Waals surface area contributed by atoms with E-state index in [4.69, 9.17) is 20.9 Å². The largest absolute Gasteiger partial charge is 0.457 e. The van der Waals surface area contributed by atoms with Gasteiger partial charge in [-0.05, 0) is 67.6 Å². The van der Waals surface area contributed by atoms with Crippen LogP contribution in [0, 0.1) is 6.92 Å². The molecule has 43 heavy (non-hydrogen) atoms. The van der Waals surface area contributed by atoms with E-state index in [0.717, 1.165) is 17.7 Å². The maximum absolute atomic E-state index is 12.9. The number of hydrogen-bond donors (Lipinski definition) is 4. The van der Waals surface area contributed by atoms with Crippen molar-refractivity contribution in [2.24, 2.45) is 0 Å². The highest BCUT2D eigenvalue weighted by molar-refractivity contribution is 7.85. The van der Waals surface area contributed by atoms with E-state index >= 15 is 0 Å². The third kappa shape index (κ3) is 9.99. The second-order valence-corrected chi connectivity index (χ2v) is 10.5. The SMILES string of the molecule is CN[14C](=O)c1cc(Oc2ccc(NC(=O)Nc3ccc(Cl)c(C(F)(F)F)c3)cc2)ccn1.Cc1ccc(S(=O)(=O)O)cc1. The molecule has 0 aliphatic heterocycles. The molecule has 3 aromatic carbocycles. The number of anilines is 2. The van der Waals surface area contributed by atoms with Crippen LogP contribution in [-0.4, -0.2) is 36.9 Å². The monoisotopic (exact) mass is 638 g/mol. The van der Waals surface area contributed by atoms with Gasteiger partial charge in [0.05, 0.1) is 15.5 Å². The average Bonchev–Trinajstić information content (AvgIpc) is 2.94. The minimum absolute atomic E-state index is 0.0659. The minimum atomic E-state index is -4.64. The lowest BCUT2D eigenvalue weighted by atomic mass is 10.2. The zero-order valence-electron chi connectivity index (χ0n) is 22.4. The summed E-state index contributed by atoms with van der Waals surface area (Å²) in [5.41, 5.74) is 0.409. The van der Waals surface area contributed by atoms with Gasteiger partial charge < -0.3 is 20.7 Å². The Labute approximate surface area is 249 Å². The number of aryl methyl sites for hydroxylation is 1. The molecule has 0 aliphatic rings. The van der Waals surface area contributed by atoms with Crippen LogP contribution in [0.4, 0.5) is 29.3 Å². The average molecular weight is 639 g/mol. The zero-order chi connectivity index (χ0) is 31.8. The van der Waals surface area contributed by atoms with Crippen molar-refractivity contribution in [2.75, 3.05) is 17.7 Å². The predicted molar refractivity (Wildman–Crippen MR) is 154 cm³/mol. The maximum atomic E-state index is 12.9. The molecule has 4 N–H and O–H groups in total. The first-order valence-electron chi connectivity index (χ1n) is 12.1. The number of urea groups is 1. The van der Waals surface area contributed by atoms with Crippen LogP contribution in [0.1, 0.15) is 21.6 Å². The summed E-state index contributed by atoms with van der Waals surface area (Å²) in [6.45, 7) is 1.84. The van der Waals surface area contributed by atoms with Gasteiger partial charge in [0.25, 0.3) is 16.0 Å². The number of amides is 3. The molecule has 1 aromatic heterocycles. The molecule has 0 saturated carbocycles. The van der Waals surface area contributed by atoms with Crippen molar-refractivity contribution in [3.8, 4) is 11.5 Å². The topological polar surface area (TPSA) is 147 Å². The fraction of sp³-hybridized carbons (Fsp3) is 0.107. The number of carbonyl (C=O) groups excluding carboxylic acids is 2. The summed E-state index contributed by atoms with van der Waals surface area (Å²) >= 11 is 5.57. The van der Waals surface area contributed by atoms with Crippen LogP contribution in [0.2, 0.25) is 5.02 Å². The molecule has 4 rings (SSSR count). The molecule has 226 valence electrons. The van der Waals surface area contributed by atoms with Gasteiger partial charge >= 0.3 is 12.2 Å². The number of alkyl halides is 3. The van der Waals surface area contributed by atoms with E-state index in [9.17, 15) is 31.2 Å². The van der Waals surface area contributed by atoms with Crippen LogP contribution >= 0.6 is 11.6 Å². The standard InChI is InChI=1S/C21H16ClF3N4O3.C7H8O3S/c1-26-19(30)18-11-15(8-9-27-18)32-14-5-2-12(3-6-14)28-20(31)29-13-4-7-17(22)16(10-13)21(23,24)25;1-6-2-4-7(5-3-6)11(8,9)10/h2-11H,1H3,(H,26,30)(H2,28,29,31);2-5H,1H3,(H,8,9,10)/i19+2;. The number of pyridine rings is 1. The molecule has 0 radical (unpaired) electrons. The van der Waals surface area contributed by atoms with Crippen molar-refractivity contribution in [1.82, 2.24) is 10.3 Å². The number of hydrogen-bond acceptors (Lipinski definition) is 6. The van der Waals surface area contributed by atoms with Gasteiger partial charge in [0.1, 0.15) is 17.2 Å². The molecule has 0 aliphatic carbocycles. The Morgan fingerprint density at radius 3 is 2.12 bits per heavy atom. The van der Waals surface area contributed by atoms with E-state index in [1.165, 1.54) is 37.5 Å². The first kappa shape index (κ1) is 32.8. The van der Waals surface area contributed by atoms with Gasteiger partial charge in [-0.2, -0.15) is 21.6 Å². The Morgan fingerprint density at radius 1 is 0.930 bits per heavy atom. The van der Waals surface area contributed by atoms with E-state index in [1.54, 1.807) is 42.5 Å². The first-order valence-corrected chi connectivity index (χ1v) is 13.9. The fourth-order valence-electron chi connectivity index (χ4n) is 3.29. The fourth-order valence-corrected chi connectivity index (χ4v) is 4.00. The molecule has 0 atom stereocenters. The van der Waals surface area contributed by atoms with Crippen molar-refractivity contribution < 1.29 is 40.5 Å². The molecule has 1 heterocycles. The number of aromatic nitrogens is 1. The lowest BCUT2D eigenvalue weighted by molar-refractivity contribution is -0.137. The molecule has 0 spiro atoms. The lowest BCUT2D eigenvalue weighted by Crippen LogP contribution is -2.19. The van der Waals surface area contributed by atoms with Gasteiger partial charge in [-0.3, -0.25) is 14.3 Å². The zero-order valence-corrected chi connectivity index (χ0v) is 24.0. The van der Waals surface area contributed by atoms with E-state index in [2.05, 4.69) is 20.9 Å². The number of nitrogens with one attached hydrogen (secondary N) is 3. The molecule has 10 nitrogen and oxygen atoms in total. The quantitative estimate of drug-likeness (QED) is 0.170. The Bertz CT molecular complexity index is 1700. The molecule has 15 heteroatoms. The van der Waals surface area contributed by atoms with E-state index < -0.39 is 32.9 Å². The highest BCUT2D eigenvalue weighted by Crippen LogP contribution is 2.36. The summed E-state index contributed by atoms with van der Waals surface area (Å²) in [5.74, 6) is 0.460. The maximum Gasteiger partial charge on any atom is 0.417 e. The van der Waals surface area contributed by atoms with E-state index in [-0.39, 0.29) is 22.2 Å². The summed E-state index contributed by atoms with van der Waals surface area (Å²) in [4.78, 5) is 27.6. The molecule has 0 saturated heterocycles. The number of halogens is 4. The second kappa shape index (κ2) is 14.0. The Hall–Kier alpha value is -4.66. The van der Waals surface area contributed by atoms with E-state index in [1.807, 2.05) is 6.92 Å². The van der Waals surface area contributed by atoms with Crippen LogP contribution in [0.5, 0.6) is 11.5 Å². The highest BCUT2D eigenvalue weighted by atomic mass is 35.5. The molecule has 0 bridgehead atoms. The summed E-state index contributed by atoms with van der Waals surface area (Å²) in [5, 5.41) is 6.83. The first-order chi connectivity index (χ1) is 20.2. The van der Waals surface area contributed by atoms with Gasteiger partial charge in [0.2, 0.25) is 0 Å². The van der Waals surface area contributed by atoms with Gasteiger partial charge in [-0.1, -0.05) is 29.3 Å². The number of carbonyl (C=O) groups is 2. The normalized spacial score (nSPS) is 11.0. The summed E-state index contributed by atoms with van der Waals surface area (Å²) in [6.07, 6.45) is -3.21. The molecular formula is C28H24ClF3N4O6S. The smallest absolute Gasteiger partial charge is 0.417 e. The number of benzene rings is 3. The number of nitrogens with zero attached hydrogens (tertiary/aromatic N) is 1. The summed E-state index contributed by atoms with van der Waals surface area (Å²) < 4.78 is 74.0. The van der Waals surface area contributed by atoms with Crippen molar-refractivity contribution in [1.29, 1.82) is 0 Å². The predicted octanol–water partition coefficient (Wildman–Crippen LogP) is 6.79. The van der Waals surface area contributed by atoms with Crippen LogP contribution in [0.3, 0.4) is 0 Å². The Balaban J connectivity index is 0.000000386. The van der Waals surface area contributed by atoms with Crippen LogP contribution in [0.15, 0.2) is 90.0 Å². The molecule has 0 unspecified atom stereocenters.